The topological polar surface area (TPSA) is 60.9 Å². The van der Waals surface area contributed by atoms with Crippen molar-refractivity contribution in [1.82, 2.24) is 9.80 Å². The van der Waals surface area contributed by atoms with E-state index in [9.17, 15) is 10.1 Å². The summed E-state index contributed by atoms with van der Waals surface area (Å²) in [5.74, 6) is 1.08. The van der Waals surface area contributed by atoms with E-state index in [0.717, 1.165) is 76.1 Å². The van der Waals surface area contributed by atoms with E-state index in [-0.39, 0.29) is 18.2 Å². The molecule has 0 spiro atoms. The highest BCUT2D eigenvalue weighted by Gasteiger charge is 2.44. The normalized spacial score (nSPS) is 18.4. The molecule has 6 nitrogen and oxygen atoms in total. The van der Waals surface area contributed by atoms with Gasteiger partial charge in [0.15, 0.2) is 5.69 Å². The standard InChI is InChI=1S/C29H34N4O2/c1-31-26-10-12-27(13-11-26)35-21-7-16-32-19-14-25(15-20-32)29(23-30,24-8-3-2-4-9-24)22-28(34)33-17-5-6-18-33/h2-4,8-13,25H,5-7,14-22H2. The van der Waals surface area contributed by atoms with Gasteiger partial charge in [-0.1, -0.05) is 42.5 Å². The lowest BCUT2D eigenvalue weighted by atomic mass is 9.65. The van der Waals surface area contributed by atoms with E-state index in [1.54, 1.807) is 12.1 Å². The van der Waals surface area contributed by atoms with Gasteiger partial charge in [0.2, 0.25) is 5.91 Å². The Morgan fingerprint density at radius 1 is 1.06 bits per heavy atom. The summed E-state index contributed by atoms with van der Waals surface area (Å²) in [6.07, 6.45) is 5.14. The number of piperidine rings is 1. The first kappa shape index (κ1) is 24.8. The molecule has 0 N–H and O–H groups in total. The Bertz CT molecular complexity index is 1040. The average Bonchev–Trinajstić information content (AvgIpc) is 3.46. The fraction of sp³-hybridized carbons (Fsp3) is 0.483. The molecule has 0 radical (unpaired) electrons. The molecule has 2 aliphatic rings. The van der Waals surface area contributed by atoms with Crippen molar-refractivity contribution < 1.29 is 9.53 Å². The number of carbonyl (C=O) groups excluding carboxylic acids is 1. The first-order valence-corrected chi connectivity index (χ1v) is 12.7. The first-order chi connectivity index (χ1) is 17.1. The number of amides is 1. The number of nitriles is 1. The van der Waals surface area contributed by atoms with Crippen LogP contribution < -0.4 is 4.74 Å². The minimum absolute atomic E-state index is 0.122. The molecule has 6 heteroatoms. The van der Waals surface area contributed by atoms with Gasteiger partial charge in [0, 0.05) is 26.1 Å². The van der Waals surface area contributed by atoms with Crippen molar-refractivity contribution in [2.45, 2.75) is 43.9 Å². The monoisotopic (exact) mass is 470 g/mol. The van der Waals surface area contributed by atoms with E-state index in [0.29, 0.717) is 12.3 Å². The van der Waals surface area contributed by atoms with E-state index in [2.05, 4.69) is 15.8 Å². The maximum absolute atomic E-state index is 13.2. The highest BCUT2D eigenvalue weighted by Crippen LogP contribution is 2.42. The molecule has 2 fully saturated rings. The van der Waals surface area contributed by atoms with E-state index < -0.39 is 5.41 Å². The van der Waals surface area contributed by atoms with Crippen molar-refractivity contribution in [1.29, 1.82) is 5.26 Å². The summed E-state index contributed by atoms with van der Waals surface area (Å²) < 4.78 is 5.82. The van der Waals surface area contributed by atoms with E-state index in [1.807, 2.05) is 47.4 Å². The molecular formula is C29H34N4O2. The molecule has 4 rings (SSSR count). The number of benzene rings is 2. The molecule has 0 bridgehead atoms. The maximum atomic E-state index is 13.2. The molecular weight excluding hydrogens is 436 g/mol. The largest absolute Gasteiger partial charge is 0.494 e. The molecule has 2 heterocycles. The molecule has 182 valence electrons. The van der Waals surface area contributed by atoms with Crippen LogP contribution in [0.4, 0.5) is 5.69 Å². The molecule has 2 aromatic rings. The van der Waals surface area contributed by atoms with Crippen molar-refractivity contribution in [2.24, 2.45) is 5.92 Å². The quantitative estimate of drug-likeness (QED) is 0.374. The van der Waals surface area contributed by atoms with E-state index in [1.165, 1.54) is 0 Å². The second kappa shape index (κ2) is 11.9. The molecule has 0 saturated carbocycles. The van der Waals surface area contributed by atoms with Gasteiger partial charge in [0.1, 0.15) is 5.75 Å². The predicted octanol–water partition coefficient (Wildman–Crippen LogP) is 5.19. The summed E-state index contributed by atoms with van der Waals surface area (Å²) in [4.78, 5) is 20.9. The smallest absolute Gasteiger partial charge is 0.224 e. The van der Waals surface area contributed by atoms with Crippen LogP contribution in [0.15, 0.2) is 54.6 Å². The Morgan fingerprint density at radius 2 is 1.74 bits per heavy atom. The number of rotatable bonds is 9. The van der Waals surface area contributed by atoms with Crippen LogP contribution in [0.25, 0.3) is 4.85 Å². The van der Waals surface area contributed by atoms with Crippen LogP contribution in [-0.2, 0) is 10.2 Å². The van der Waals surface area contributed by atoms with Gasteiger partial charge < -0.3 is 14.5 Å². The number of hydrogen-bond acceptors (Lipinski definition) is 4. The van der Waals surface area contributed by atoms with Gasteiger partial charge in [-0.05, 0) is 68.8 Å². The lowest BCUT2D eigenvalue weighted by Gasteiger charge is -2.41. The molecule has 35 heavy (non-hydrogen) atoms. The van der Waals surface area contributed by atoms with Crippen LogP contribution in [0.3, 0.4) is 0 Å². The fourth-order valence-corrected chi connectivity index (χ4v) is 5.47. The van der Waals surface area contributed by atoms with Crippen LogP contribution in [0.1, 0.15) is 44.1 Å². The number of likely N-dealkylation sites (tertiary alicyclic amines) is 2. The van der Waals surface area contributed by atoms with Crippen molar-refractivity contribution >= 4 is 11.6 Å². The molecule has 1 amide bonds. The zero-order valence-electron chi connectivity index (χ0n) is 20.4. The minimum atomic E-state index is -0.770. The highest BCUT2D eigenvalue weighted by molar-refractivity contribution is 5.79. The van der Waals surface area contributed by atoms with Gasteiger partial charge in [-0.3, -0.25) is 4.79 Å². The Labute approximate surface area is 208 Å². The maximum Gasteiger partial charge on any atom is 0.224 e. The van der Waals surface area contributed by atoms with Gasteiger partial charge >= 0.3 is 0 Å². The van der Waals surface area contributed by atoms with Crippen LogP contribution in [0.5, 0.6) is 5.75 Å². The van der Waals surface area contributed by atoms with Crippen molar-refractivity contribution in [3.63, 3.8) is 0 Å². The van der Waals surface area contributed by atoms with Gasteiger partial charge in [-0.2, -0.15) is 5.26 Å². The third-order valence-electron chi connectivity index (χ3n) is 7.51. The van der Waals surface area contributed by atoms with Crippen LogP contribution in [-0.4, -0.2) is 55.0 Å². The Balaban J connectivity index is 1.33. The van der Waals surface area contributed by atoms with Crippen LogP contribution in [0, 0.1) is 23.8 Å². The summed E-state index contributed by atoms with van der Waals surface area (Å²) in [5.41, 5.74) is 0.825. The van der Waals surface area contributed by atoms with Crippen molar-refractivity contribution in [3.8, 4) is 11.8 Å². The number of hydrogen-bond donors (Lipinski definition) is 0. The third kappa shape index (κ3) is 6.02. The summed E-state index contributed by atoms with van der Waals surface area (Å²) >= 11 is 0. The molecule has 1 atom stereocenters. The summed E-state index contributed by atoms with van der Waals surface area (Å²) in [6, 6.07) is 19.8. The first-order valence-electron chi connectivity index (χ1n) is 12.7. The average molecular weight is 471 g/mol. The number of nitrogens with zero attached hydrogens (tertiary/aromatic N) is 4. The molecule has 1 unspecified atom stereocenters. The zero-order chi connectivity index (χ0) is 24.5. The zero-order valence-corrected chi connectivity index (χ0v) is 20.4. The number of ether oxygens (including phenoxy) is 1. The molecule has 0 aromatic heterocycles. The summed E-state index contributed by atoms with van der Waals surface area (Å²) in [5, 5.41) is 10.5. The van der Waals surface area contributed by atoms with Gasteiger partial charge in [-0.25, -0.2) is 4.85 Å². The molecule has 2 aliphatic heterocycles. The summed E-state index contributed by atoms with van der Waals surface area (Å²) in [6.45, 7) is 12.1. The van der Waals surface area contributed by atoms with Gasteiger partial charge in [0.05, 0.1) is 24.7 Å². The molecule has 0 aliphatic carbocycles. The second-order valence-corrected chi connectivity index (χ2v) is 9.64. The number of carbonyl (C=O) groups is 1. The molecule has 2 aromatic carbocycles. The lowest BCUT2D eigenvalue weighted by Crippen LogP contribution is -2.46. The second-order valence-electron chi connectivity index (χ2n) is 9.64. The lowest BCUT2D eigenvalue weighted by molar-refractivity contribution is -0.131. The van der Waals surface area contributed by atoms with E-state index in [4.69, 9.17) is 11.3 Å². The predicted molar refractivity (Wildman–Crippen MR) is 136 cm³/mol. The van der Waals surface area contributed by atoms with Crippen molar-refractivity contribution in [3.05, 3.63) is 71.6 Å². The van der Waals surface area contributed by atoms with Crippen molar-refractivity contribution in [2.75, 3.05) is 39.3 Å². The Morgan fingerprint density at radius 3 is 2.37 bits per heavy atom. The SMILES string of the molecule is [C-]#[N+]c1ccc(OCCCN2CCC(C(C#N)(CC(=O)N3CCCC3)c3ccccc3)CC2)cc1. The van der Waals surface area contributed by atoms with Gasteiger partial charge in [0.25, 0.3) is 0 Å². The van der Waals surface area contributed by atoms with Crippen LogP contribution >= 0.6 is 0 Å². The minimum Gasteiger partial charge on any atom is -0.494 e. The third-order valence-corrected chi connectivity index (χ3v) is 7.51. The molecule has 2 saturated heterocycles. The van der Waals surface area contributed by atoms with Gasteiger partial charge in [-0.15, -0.1) is 0 Å². The Hall–Kier alpha value is -3.35. The fourth-order valence-electron chi connectivity index (χ4n) is 5.47. The highest BCUT2D eigenvalue weighted by atomic mass is 16.5. The summed E-state index contributed by atoms with van der Waals surface area (Å²) in [7, 11) is 0. The Kier molecular flexibility index (Phi) is 8.40. The van der Waals surface area contributed by atoms with Crippen LogP contribution in [0.2, 0.25) is 0 Å². The van der Waals surface area contributed by atoms with E-state index >= 15 is 0 Å².